The highest BCUT2D eigenvalue weighted by Gasteiger charge is 2.17. The summed E-state index contributed by atoms with van der Waals surface area (Å²) in [5.41, 5.74) is 1.13. The predicted octanol–water partition coefficient (Wildman–Crippen LogP) is 4.51. The Balaban J connectivity index is 1.83. The Labute approximate surface area is 171 Å². The van der Waals surface area contributed by atoms with Gasteiger partial charge in [-0.2, -0.15) is 0 Å². The second-order valence-electron chi connectivity index (χ2n) is 5.79. The van der Waals surface area contributed by atoms with E-state index < -0.39 is 15.9 Å². The molecule has 0 bridgehead atoms. The molecule has 1 amide bonds. The molecule has 0 aliphatic carbocycles. The molecular formula is C20H17BrN2O4S. The van der Waals surface area contributed by atoms with Crippen LogP contribution in [0.2, 0.25) is 0 Å². The molecule has 0 radical (unpaired) electrons. The predicted molar refractivity (Wildman–Crippen MR) is 112 cm³/mol. The van der Waals surface area contributed by atoms with Gasteiger partial charge in [-0.3, -0.25) is 9.52 Å². The molecule has 0 aliphatic heterocycles. The number of hydrogen-bond donors (Lipinski definition) is 2. The van der Waals surface area contributed by atoms with Gasteiger partial charge in [-0.25, -0.2) is 8.42 Å². The summed E-state index contributed by atoms with van der Waals surface area (Å²) in [4.78, 5) is 12.6. The molecule has 3 aromatic carbocycles. The summed E-state index contributed by atoms with van der Waals surface area (Å²) in [6.07, 6.45) is 0. The summed E-state index contributed by atoms with van der Waals surface area (Å²) in [5.74, 6) is 0.0710. The van der Waals surface area contributed by atoms with Crippen molar-refractivity contribution in [2.45, 2.75) is 4.90 Å². The molecular weight excluding hydrogens is 444 g/mol. The minimum absolute atomic E-state index is 0.0110. The van der Waals surface area contributed by atoms with Crippen LogP contribution in [0.3, 0.4) is 0 Å². The Bertz CT molecular complexity index is 1100. The van der Waals surface area contributed by atoms with Gasteiger partial charge in [0.25, 0.3) is 15.9 Å². The van der Waals surface area contributed by atoms with Crippen LogP contribution >= 0.6 is 15.9 Å². The van der Waals surface area contributed by atoms with E-state index in [0.717, 1.165) is 4.47 Å². The highest BCUT2D eigenvalue weighted by molar-refractivity contribution is 9.10. The fourth-order valence-electron chi connectivity index (χ4n) is 2.48. The minimum atomic E-state index is -3.84. The molecule has 0 aromatic heterocycles. The van der Waals surface area contributed by atoms with Crippen LogP contribution < -0.4 is 14.8 Å². The third-order valence-corrected chi connectivity index (χ3v) is 5.77. The van der Waals surface area contributed by atoms with Crippen molar-refractivity contribution in [2.24, 2.45) is 0 Å². The van der Waals surface area contributed by atoms with E-state index in [1.807, 2.05) is 0 Å². The van der Waals surface area contributed by atoms with E-state index in [1.165, 1.54) is 25.3 Å². The van der Waals surface area contributed by atoms with Crippen LogP contribution in [0.15, 0.2) is 82.2 Å². The lowest BCUT2D eigenvalue weighted by molar-refractivity contribution is 0.102. The maximum Gasteiger partial charge on any atom is 0.261 e. The molecule has 0 fully saturated rings. The van der Waals surface area contributed by atoms with Crippen LogP contribution in [0.25, 0.3) is 0 Å². The largest absolute Gasteiger partial charge is 0.495 e. The molecule has 0 saturated heterocycles. The van der Waals surface area contributed by atoms with Crippen LogP contribution in [-0.4, -0.2) is 21.4 Å². The normalized spacial score (nSPS) is 10.9. The highest BCUT2D eigenvalue weighted by atomic mass is 79.9. The van der Waals surface area contributed by atoms with Crippen molar-refractivity contribution in [1.82, 2.24) is 0 Å². The Hall–Kier alpha value is -2.84. The van der Waals surface area contributed by atoms with Gasteiger partial charge in [-0.1, -0.05) is 34.1 Å². The van der Waals surface area contributed by atoms with Crippen LogP contribution in [0.1, 0.15) is 10.4 Å². The van der Waals surface area contributed by atoms with Gasteiger partial charge in [-0.15, -0.1) is 0 Å². The summed E-state index contributed by atoms with van der Waals surface area (Å²) in [6, 6.07) is 19.5. The smallest absolute Gasteiger partial charge is 0.261 e. The van der Waals surface area contributed by atoms with Crippen molar-refractivity contribution in [2.75, 3.05) is 17.1 Å². The van der Waals surface area contributed by atoms with Crippen molar-refractivity contribution in [1.29, 1.82) is 0 Å². The summed E-state index contributed by atoms with van der Waals surface area (Å²) < 4.78 is 33.8. The van der Waals surface area contributed by atoms with Gasteiger partial charge < -0.3 is 10.1 Å². The quantitative estimate of drug-likeness (QED) is 0.566. The molecule has 2 N–H and O–H groups in total. The molecule has 0 atom stereocenters. The molecule has 0 heterocycles. The summed E-state index contributed by atoms with van der Waals surface area (Å²) in [5, 5.41) is 2.73. The van der Waals surface area contributed by atoms with E-state index in [9.17, 15) is 13.2 Å². The summed E-state index contributed by atoms with van der Waals surface area (Å²) in [6.45, 7) is 0. The fraction of sp³-hybridized carbons (Fsp3) is 0.0500. The van der Waals surface area contributed by atoms with Crippen molar-refractivity contribution in [3.8, 4) is 5.75 Å². The average molecular weight is 461 g/mol. The van der Waals surface area contributed by atoms with Crippen LogP contribution in [0.5, 0.6) is 5.75 Å². The molecule has 0 spiro atoms. The zero-order chi connectivity index (χ0) is 20.1. The van der Waals surface area contributed by atoms with E-state index in [4.69, 9.17) is 4.74 Å². The number of para-hydroxylation sites is 2. The lowest BCUT2D eigenvalue weighted by atomic mass is 10.2. The van der Waals surface area contributed by atoms with E-state index in [0.29, 0.717) is 17.1 Å². The zero-order valence-electron chi connectivity index (χ0n) is 14.8. The summed E-state index contributed by atoms with van der Waals surface area (Å²) >= 11 is 3.30. The molecule has 8 heteroatoms. The number of hydrogen-bond acceptors (Lipinski definition) is 4. The third kappa shape index (κ3) is 4.71. The van der Waals surface area contributed by atoms with Gasteiger partial charge in [0, 0.05) is 15.7 Å². The van der Waals surface area contributed by atoms with E-state index in [-0.39, 0.29) is 10.5 Å². The number of ether oxygens (including phenoxy) is 1. The lowest BCUT2D eigenvalue weighted by Crippen LogP contribution is -2.16. The van der Waals surface area contributed by atoms with E-state index in [1.54, 1.807) is 54.6 Å². The average Bonchev–Trinajstić information content (AvgIpc) is 2.70. The number of benzene rings is 3. The number of amides is 1. The first kappa shape index (κ1) is 19.9. The Morgan fingerprint density at radius 1 is 0.964 bits per heavy atom. The number of rotatable bonds is 6. The molecule has 0 aliphatic rings. The number of carbonyl (C=O) groups excluding carboxylic acids is 1. The SMILES string of the molecule is COc1ccccc1NC(=O)c1cccc(S(=O)(=O)Nc2ccc(Br)cc2)c1. The highest BCUT2D eigenvalue weighted by Crippen LogP contribution is 2.24. The maximum absolute atomic E-state index is 12.6. The number of halogens is 1. The maximum atomic E-state index is 12.6. The van der Waals surface area contributed by atoms with Crippen molar-refractivity contribution < 1.29 is 17.9 Å². The minimum Gasteiger partial charge on any atom is -0.495 e. The number of carbonyl (C=O) groups is 1. The van der Waals surface area contributed by atoms with Crippen LogP contribution in [0, 0.1) is 0 Å². The Morgan fingerprint density at radius 2 is 1.68 bits per heavy atom. The van der Waals surface area contributed by atoms with Crippen molar-refractivity contribution in [3.05, 3.63) is 82.8 Å². The monoisotopic (exact) mass is 460 g/mol. The lowest BCUT2D eigenvalue weighted by Gasteiger charge is -2.11. The molecule has 6 nitrogen and oxygen atoms in total. The van der Waals surface area contributed by atoms with Crippen molar-refractivity contribution in [3.63, 3.8) is 0 Å². The molecule has 144 valence electrons. The van der Waals surface area contributed by atoms with Crippen molar-refractivity contribution >= 4 is 43.2 Å². The third-order valence-electron chi connectivity index (χ3n) is 3.86. The second-order valence-corrected chi connectivity index (χ2v) is 8.39. The fourth-order valence-corrected chi connectivity index (χ4v) is 3.85. The second kappa shape index (κ2) is 8.45. The van der Waals surface area contributed by atoms with Gasteiger partial charge in [0.15, 0.2) is 0 Å². The Kier molecular flexibility index (Phi) is 6.01. The standard InChI is InChI=1S/C20H17BrN2O4S/c1-27-19-8-3-2-7-18(19)22-20(24)14-5-4-6-17(13-14)28(25,26)23-16-11-9-15(21)10-12-16/h2-13,23H,1H3,(H,22,24). The first-order valence-corrected chi connectivity index (χ1v) is 10.5. The number of sulfonamides is 1. The molecule has 3 aromatic rings. The Morgan fingerprint density at radius 3 is 2.39 bits per heavy atom. The van der Waals surface area contributed by atoms with Gasteiger partial charge in [0.2, 0.25) is 0 Å². The van der Waals surface area contributed by atoms with Gasteiger partial charge in [-0.05, 0) is 54.6 Å². The molecule has 3 rings (SSSR count). The van der Waals surface area contributed by atoms with Crippen LogP contribution in [-0.2, 0) is 10.0 Å². The summed E-state index contributed by atoms with van der Waals surface area (Å²) in [7, 11) is -2.33. The molecule has 0 saturated carbocycles. The van der Waals surface area contributed by atoms with Gasteiger partial charge >= 0.3 is 0 Å². The molecule has 0 unspecified atom stereocenters. The van der Waals surface area contributed by atoms with Gasteiger partial charge in [0.1, 0.15) is 5.75 Å². The first-order chi connectivity index (χ1) is 13.4. The van der Waals surface area contributed by atoms with Gasteiger partial charge in [0.05, 0.1) is 17.7 Å². The van der Waals surface area contributed by atoms with E-state index in [2.05, 4.69) is 26.0 Å². The topological polar surface area (TPSA) is 84.5 Å². The zero-order valence-corrected chi connectivity index (χ0v) is 17.2. The number of methoxy groups -OCH3 is 1. The van der Waals surface area contributed by atoms with E-state index >= 15 is 0 Å². The number of anilines is 2. The van der Waals surface area contributed by atoms with Crippen LogP contribution in [0.4, 0.5) is 11.4 Å². The first-order valence-electron chi connectivity index (χ1n) is 8.22. The number of nitrogens with one attached hydrogen (secondary N) is 2. The molecule has 28 heavy (non-hydrogen) atoms.